The van der Waals surface area contributed by atoms with E-state index in [4.69, 9.17) is 11.6 Å². The van der Waals surface area contributed by atoms with E-state index in [9.17, 15) is 4.79 Å². The monoisotopic (exact) mass is 238 g/mol. The van der Waals surface area contributed by atoms with Gasteiger partial charge in [-0.05, 0) is 30.5 Å². The second kappa shape index (κ2) is 3.07. The Morgan fingerprint density at radius 2 is 2.25 bits per heavy atom. The number of halogens is 1. The molecule has 0 radical (unpaired) electrons. The van der Waals surface area contributed by atoms with Gasteiger partial charge in [-0.2, -0.15) is 0 Å². The number of amides is 2. The minimum atomic E-state index is -0.00716. The van der Waals surface area contributed by atoms with Crippen LogP contribution in [0.5, 0.6) is 0 Å². The van der Waals surface area contributed by atoms with Gasteiger partial charge in [0.2, 0.25) is 5.28 Å². The van der Waals surface area contributed by atoms with E-state index in [1.165, 1.54) is 0 Å². The standard InChI is InChI=1S/C10H11ClN4O/c1-14-9(16)15(6-10(14)3-4-10)7-2-5-12-8(11)13-7/h2,5H,3-4,6H2,1H3. The summed E-state index contributed by atoms with van der Waals surface area (Å²) in [5.41, 5.74) is 0.0501. The second-order valence-corrected chi connectivity index (χ2v) is 4.67. The van der Waals surface area contributed by atoms with Crippen LogP contribution in [0.15, 0.2) is 12.3 Å². The number of hydrogen-bond donors (Lipinski definition) is 0. The lowest BCUT2D eigenvalue weighted by molar-refractivity contribution is 0.215. The Morgan fingerprint density at radius 3 is 2.81 bits per heavy atom. The summed E-state index contributed by atoms with van der Waals surface area (Å²) in [5.74, 6) is 0.584. The van der Waals surface area contributed by atoms with E-state index in [2.05, 4.69) is 9.97 Å². The zero-order valence-electron chi connectivity index (χ0n) is 8.85. The van der Waals surface area contributed by atoms with E-state index < -0.39 is 0 Å². The molecule has 16 heavy (non-hydrogen) atoms. The molecule has 84 valence electrons. The fraction of sp³-hybridized carbons (Fsp3) is 0.500. The summed E-state index contributed by atoms with van der Waals surface area (Å²) in [6.45, 7) is 0.704. The highest BCUT2D eigenvalue weighted by Gasteiger charge is 2.56. The van der Waals surface area contributed by atoms with Gasteiger partial charge in [0.05, 0.1) is 12.1 Å². The third kappa shape index (κ3) is 1.28. The van der Waals surface area contributed by atoms with Gasteiger partial charge in [0, 0.05) is 13.2 Å². The summed E-state index contributed by atoms with van der Waals surface area (Å²) in [4.78, 5) is 23.4. The lowest BCUT2D eigenvalue weighted by Gasteiger charge is -2.15. The maximum Gasteiger partial charge on any atom is 0.326 e. The molecule has 2 aliphatic rings. The molecule has 2 fully saturated rings. The molecule has 1 aliphatic heterocycles. The van der Waals surface area contributed by atoms with Crippen LogP contribution >= 0.6 is 11.6 Å². The van der Waals surface area contributed by atoms with Crippen LogP contribution in [0.2, 0.25) is 5.28 Å². The van der Waals surface area contributed by atoms with Gasteiger partial charge in [-0.15, -0.1) is 0 Å². The SMILES string of the molecule is CN1C(=O)N(c2ccnc(Cl)n2)CC12CC2. The number of carbonyl (C=O) groups excluding carboxylic acids is 1. The summed E-state index contributed by atoms with van der Waals surface area (Å²) in [6, 6.07) is 1.70. The number of urea groups is 1. The van der Waals surface area contributed by atoms with Crippen molar-refractivity contribution in [3.8, 4) is 0 Å². The molecule has 2 heterocycles. The quantitative estimate of drug-likeness (QED) is 0.698. The van der Waals surface area contributed by atoms with Crippen LogP contribution < -0.4 is 4.90 Å². The van der Waals surface area contributed by atoms with Crippen LogP contribution in [0.1, 0.15) is 12.8 Å². The van der Waals surface area contributed by atoms with Crippen molar-refractivity contribution in [1.29, 1.82) is 0 Å². The number of hydrogen-bond acceptors (Lipinski definition) is 3. The first kappa shape index (κ1) is 9.84. The average Bonchev–Trinajstić information content (AvgIpc) is 3.00. The Morgan fingerprint density at radius 1 is 1.50 bits per heavy atom. The highest BCUT2D eigenvalue weighted by atomic mass is 35.5. The van der Waals surface area contributed by atoms with Crippen LogP contribution in [0, 0.1) is 0 Å². The predicted octanol–water partition coefficient (Wildman–Crippen LogP) is 1.53. The van der Waals surface area contributed by atoms with Crippen molar-refractivity contribution in [3.05, 3.63) is 17.5 Å². The van der Waals surface area contributed by atoms with Crippen LogP contribution in [-0.2, 0) is 0 Å². The van der Waals surface area contributed by atoms with E-state index in [0.29, 0.717) is 12.4 Å². The molecule has 1 aromatic rings. The molecule has 5 nitrogen and oxygen atoms in total. The van der Waals surface area contributed by atoms with Gasteiger partial charge >= 0.3 is 6.03 Å². The van der Waals surface area contributed by atoms with Crippen molar-refractivity contribution in [3.63, 3.8) is 0 Å². The summed E-state index contributed by atoms with van der Waals surface area (Å²) in [5, 5.41) is 0.171. The maximum atomic E-state index is 12.0. The van der Waals surface area contributed by atoms with Gasteiger partial charge in [0.15, 0.2) is 0 Å². The van der Waals surface area contributed by atoms with Crippen LogP contribution in [-0.4, -0.2) is 40.0 Å². The molecule has 0 bridgehead atoms. The number of carbonyl (C=O) groups is 1. The van der Waals surface area contributed by atoms with Crippen molar-refractivity contribution >= 4 is 23.4 Å². The minimum Gasteiger partial charge on any atom is -0.320 e. The van der Waals surface area contributed by atoms with E-state index in [1.807, 2.05) is 11.9 Å². The largest absolute Gasteiger partial charge is 0.326 e. The zero-order valence-corrected chi connectivity index (χ0v) is 9.61. The topological polar surface area (TPSA) is 49.3 Å². The van der Waals surface area contributed by atoms with Crippen LogP contribution in [0.25, 0.3) is 0 Å². The van der Waals surface area contributed by atoms with Crippen molar-refractivity contribution in [1.82, 2.24) is 14.9 Å². The highest BCUT2D eigenvalue weighted by molar-refractivity contribution is 6.28. The first-order chi connectivity index (χ1) is 7.62. The average molecular weight is 239 g/mol. The molecule has 1 spiro atoms. The molecule has 1 saturated carbocycles. The van der Waals surface area contributed by atoms with E-state index in [-0.39, 0.29) is 16.9 Å². The molecule has 1 saturated heterocycles. The normalized spacial score (nSPS) is 22.0. The van der Waals surface area contributed by atoms with Crippen molar-refractivity contribution in [2.75, 3.05) is 18.5 Å². The predicted molar refractivity (Wildman–Crippen MR) is 59.5 cm³/mol. The van der Waals surface area contributed by atoms with E-state index in [1.54, 1.807) is 17.2 Å². The summed E-state index contributed by atoms with van der Waals surface area (Å²) < 4.78 is 0. The molecule has 2 amide bonds. The summed E-state index contributed by atoms with van der Waals surface area (Å²) in [6.07, 6.45) is 3.71. The number of rotatable bonds is 1. The molecule has 0 atom stereocenters. The van der Waals surface area contributed by atoms with Gasteiger partial charge in [0.1, 0.15) is 5.82 Å². The Bertz CT molecular complexity index is 460. The summed E-state index contributed by atoms with van der Waals surface area (Å²) >= 11 is 5.72. The van der Waals surface area contributed by atoms with Gasteiger partial charge in [0.25, 0.3) is 0 Å². The van der Waals surface area contributed by atoms with Crippen LogP contribution in [0.3, 0.4) is 0 Å². The molecule has 0 aromatic carbocycles. The van der Waals surface area contributed by atoms with E-state index in [0.717, 1.165) is 12.8 Å². The molecule has 1 aliphatic carbocycles. The van der Waals surface area contributed by atoms with Gasteiger partial charge < -0.3 is 4.90 Å². The lowest BCUT2D eigenvalue weighted by atomic mass is 10.3. The number of likely N-dealkylation sites (N-methyl/N-ethyl adjacent to an activating group) is 1. The molecule has 0 unspecified atom stereocenters. The van der Waals surface area contributed by atoms with Gasteiger partial charge in [-0.3, -0.25) is 4.90 Å². The van der Waals surface area contributed by atoms with Crippen molar-refractivity contribution < 1.29 is 4.79 Å². The van der Waals surface area contributed by atoms with Crippen molar-refractivity contribution in [2.45, 2.75) is 18.4 Å². The first-order valence-corrected chi connectivity index (χ1v) is 5.54. The van der Waals surface area contributed by atoms with Gasteiger partial charge in [-0.25, -0.2) is 14.8 Å². The molecule has 6 heteroatoms. The van der Waals surface area contributed by atoms with Crippen LogP contribution in [0.4, 0.5) is 10.6 Å². The fourth-order valence-electron chi connectivity index (χ4n) is 2.15. The number of anilines is 1. The molecular weight excluding hydrogens is 228 g/mol. The third-order valence-electron chi connectivity index (χ3n) is 3.40. The Balaban J connectivity index is 1.94. The Hall–Kier alpha value is -1.36. The summed E-state index contributed by atoms with van der Waals surface area (Å²) in [7, 11) is 1.85. The zero-order chi connectivity index (χ0) is 11.3. The first-order valence-electron chi connectivity index (χ1n) is 5.16. The molecular formula is C10H11ClN4O. The van der Waals surface area contributed by atoms with E-state index >= 15 is 0 Å². The smallest absolute Gasteiger partial charge is 0.320 e. The minimum absolute atomic E-state index is 0.00716. The molecule has 0 N–H and O–H groups in total. The molecule has 3 rings (SSSR count). The second-order valence-electron chi connectivity index (χ2n) is 4.34. The number of aromatic nitrogens is 2. The van der Waals surface area contributed by atoms with Crippen molar-refractivity contribution in [2.24, 2.45) is 0 Å². The third-order valence-corrected chi connectivity index (χ3v) is 3.58. The maximum absolute atomic E-state index is 12.0. The fourth-order valence-corrected chi connectivity index (χ4v) is 2.29. The Labute approximate surface area is 98.0 Å². The molecule has 1 aromatic heterocycles. The lowest BCUT2D eigenvalue weighted by Crippen LogP contribution is -2.32. The van der Waals surface area contributed by atoms with Gasteiger partial charge in [-0.1, -0.05) is 0 Å². The number of nitrogens with zero attached hydrogens (tertiary/aromatic N) is 4. The Kier molecular flexibility index (Phi) is 1.89. The highest BCUT2D eigenvalue weighted by Crippen LogP contribution is 2.46.